The second-order valence-electron chi connectivity index (χ2n) is 5.68. The van der Waals surface area contributed by atoms with Gasteiger partial charge in [0.1, 0.15) is 11.5 Å². The van der Waals surface area contributed by atoms with Crippen LogP contribution in [0, 0.1) is 0 Å². The molecule has 0 bridgehead atoms. The number of benzene rings is 2. The van der Waals surface area contributed by atoms with Crippen LogP contribution in [0.2, 0.25) is 0 Å². The van der Waals surface area contributed by atoms with Crippen LogP contribution in [-0.4, -0.2) is 31.3 Å². The monoisotopic (exact) mass is 372 g/mol. The summed E-state index contributed by atoms with van der Waals surface area (Å²) in [6.07, 6.45) is -0.806. The van der Waals surface area contributed by atoms with Gasteiger partial charge in [0.05, 0.1) is 6.61 Å². The molecule has 1 atom stereocenters. The molecule has 0 spiro atoms. The number of rotatable bonds is 6. The number of carbonyl (C=O) groups is 2. The van der Waals surface area contributed by atoms with Crippen molar-refractivity contribution in [3.05, 3.63) is 48.0 Å². The first-order chi connectivity index (χ1) is 13.1. The summed E-state index contributed by atoms with van der Waals surface area (Å²) in [5.41, 5.74) is 5.02. The number of nitrogens with one attached hydrogen (secondary N) is 2. The van der Waals surface area contributed by atoms with Gasteiger partial charge in [-0.25, -0.2) is 0 Å². The summed E-state index contributed by atoms with van der Waals surface area (Å²) in [6.45, 7) is 4.17. The molecular weight excluding hydrogens is 352 g/mol. The second-order valence-corrected chi connectivity index (χ2v) is 5.68. The summed E-state index contributed by atoms with van der Waals surface area (Å²) in [4.78, 5) is 24.3. The van der Waals surface area contributed by atoms with Gasteiger partial charge >= 0.3 is 0 Å². The first-order valence-corrected chi connectivity index (χ1v) is 8.46. The highest BCUT2D eigenvalue weighted by atomic mass is 16.7. The Morgan fingerprint density at radius 3 is 2.48 bits per heavy atom. The minimum Gasteiger partial charge on any atom is -0.494 e. The van der Waals surface area contributed by atoms with E-state index in [1.807, 2.05) is 6.92 Å². The molecule has 142 valence electrons. The van der Waals surface area contributed by atoms with Gasteiger partial charge < -0.3 is 18.9 Å². The number of fused-ring (bicyclic) bond motifs is 1. The summed E-state index contributed by atoms with van der Waals surface area (Å²) in [5, 5.41) is 0. The molecule has 1 aliphatic heterocycles. The molecule has 27 heavy (non-hydrogen) atoms. The number of amides is 2. The third-order valence-corrected chi connectivity index (χ3v) is 3.75. The van der Waals surface area contributed by atoms with Crippen molar-refractivity contribution in [1.82, 2.24) is 10.9 Å². The molecule has 1 aliphatic rings. The third-order valence-electron chi connectivity index (χ3n) is 3.75. The van der Waals surface area contributed by atoms with Gasteiger partial charge in [-0.15, -0.1) is 0 Å². The summed E-state index contributed by atoms with van der Waals surface area (Å²) >= 11 is 0. The van der Waals surface area contributed by atoms with E-state index in [0.717, 1.165) is 5.75 Å². The van der Waals surface area contributed by atoms with E-state index >= 15 is 0 Å². The number of hydrogen-bond donors (Lipinski definition) is 2. The summed E-state index contributed by atoms with van der Waals surface area (Å²) in [6, 6.07) is 11.7. The molecule has 3 rings (SSSR count). The Labute approximate surface area is 156 Å². The largest absolute Gasteiger partial charge is 0.494 e. The molecule has 2 aromatic carbocycles. The maximum absolute atomic E-state index is 12.2. The lowest BCUT2D eigenvalue weighted by atomic mass is 10.2. The van der Waals surface area contributed by atoms with E-state index in [9.17, 15) is 9.59 Å². The Bertz CT molecular complexity index is 821. The van der Waals surface area contributed by atoms with E-state index in [1.165, 1.54) is 0 Å². The highest BCUT2D eigenvalue weighted by Crippen LogP contribution is 2.32. The molecule has 0 aromatic heterocycles. The van der Waals surface area contributed by atoms with Crippen molar-refractivity contribution in [2.24, 2.45) is 0 Å². The summed E-state index contributed by atoms with van der Waals surface area (Å²) in [5.74, 6) is 1.34. The molecule has 0 saturated heterocycles. The zero-order valence-corrected chi connectivity index (χ0v) is 15.0. The van der Waals surface area contributed by atoms with Crippen molar-refractivity contribution < 1.29 is 28.5 Å². The molecular formula is C19H20N2O6. The zero-order valence-electron chi connectivity index (χ0n) is 15.0. The summed E-state index contributed by atoms with van der Waals surface area (Å²) in [7, 11) is 0. The molecule has 1 heterocycles. The first-order valence-electron chi connectivity index (χ1n) is 8.46. The highest BCUT2D eigenvalue weighted by molar-refractivity contribution is 5.96. The van der Waals surface area contributed by atoms with Crippen molar-refractivity contribution in [2.45, 2.75) is 20.0 Å². The van der Waals surface area contributed by atoms with Crippen LogP contribution < -0.4 is 29.8 Å². The molecule has 2 aromatic rings. The lowest BCUT2D eigenvalue weighted by Crippen LogP contribution is -2.47. The Balaban J connectivity index is 1.50. The van der Waals surface area contributed by atoms with Crippen LogP contribution in [-0.2, 0) is 4.79 Å². The Morgan fingerprint density at radius 2 is 1.74 bits per heavy atom. The number of hydrogen-bond acceptors (Lipinski definition) is 6. The van der Waals surface area contributed by atoms with Crippen LogP contribution in [0.1, 0.15) is 24.2 Å². The fourth-order valence-corrected chi connectivity index (χ4v) is 2.37. The number of hydrazine groups is 1. The molecule has 2 N–H and O–H groups in total. The van der Waals surface area contributed by atoms with Gasteiger partial charge in [0.15, 0.2) is 17.6 Å². The van der Waals surface area contributed by atoms with Crippen molar-refractivity contribution >= 4 is 11.8 Å². The Morgan fingerprint density at radius 1 is 1.04 bits per heavy atom. The SMILES string of the molecule is CCOc1ccc(O[C@H](C)C(=O)NNC(=O)c2ccc3c(c2)OCO3)cc1. The lowest BCUT2D eigenvalue weighted by Gasteiger charge is -2.15. The predicted octanol–water partition coefficient (Wildman–Crippen LogP) is 2.04. The lowest BCUT2D eigenvalue weighted by molar-refractivity contribution is -0.128. The maximum atomic E-state index is 12.2. The zero-order chi connectivity index (χ0) is 19.2. The van der Waals surface area contributed by atoms with Gasteiger partial charge in [-0.3, -0.25) is 20.4 Å². The molecule has 0 saturated carbocycles. The van der Waals surface area contributed by atoms with Crippen LogP contribution in [0.3, 0.4) is 0 Å². The number of ether oxygens (including phenoxy) is 4. The van der Waals surface area contributed by atoms with Gasteiger partial charge in [0.2, 0.25) is 6.79 Å². The van der Waals surface area contributed by atoms with Crippen molar-refractivity contribution in [3.8, 4) is 23.0 Å². The average molecular weight is 372 g/mol. The average Bonchev–Trinajstić information content (AvgIpc) is 3.15. The molecule has 8 nitrogen and oxygen atoms in total. The van der Waals surface area contributed by atoms with Crippen LogP contribution >= 0.6 is 0 Å². The van der Waals surface area contributed by atoms with E-state index in [1.54, 1.807) is 49.4 Å². The van der Waals surface area contributed by atoms with Gasteiger partial charge in [-0.05, 0) is 56.3 Å². The van der Waals surface area contributed by atoms with Crippen molar-refractivity contribution in [3.63, 3.8) is 0 Å². The predicted molar refractivity (Wildman–Crippen MR) is 95.9 cm³/mol. The number of carbonyl (C=O) groups excluding carboxylic acids is 2. The third kappa shape index (κ3) is 4.60. The summed E-state index contributed by atoms with van der Waals surface area (Å²) < 4.78 is 21.3. The molecule has 0 radical (unpaired) electrons. The van der Waals surface area contributed by atoms with E-state index < -0.39 is 17.9 Å². The second kappa shape index (κ2) is 8.31. The van der Waals surface area contributed by atoms with Crippen LogP contribution in [0.25, 0.3) is 0 Å². The van der Waals surface area contributed by atoms with Crippen LogP contribution in [0.4, 0.5) is 0 Å². The van der Waals surface area contributed by atoms with Gasteiger partial charge in [-0.1, -0.05) is 0 Å². The highest BCUT2D eigenvalue weighted by Gasteiger charge is 2.18. The van der Waals surface area contributed by atoms with E-state index in [4.69, 9.17) is 18.9 Å². The van der Waals surface area contributed by atoms with Crippen LogP contribution in [0.15, 0.2) is 42.5 Å². The van der Waals surface area contributed by atoms with E-state index in [2.05, 4.69) is 10.9 Å². The molecule has 2 amide bonds. The van der Waals surface area contributed by atoms with Crippen molar-refractivity contribution in [2.75, 3.05) is 13.4 Å². The minimum absolute atomic E-state index is 0.123. The van der Waals surface area contributed by atoms with E-state index in [-0.39, 0.29) is 6.79 Å². The smallest absolute Gasteiger partial charge is 0.279 e. The normalized spacial score (nSPS) is 12.8. The standard InChI is InChI=1S/C19H20N2O6/c1-3-24-14-5-7-15(8-6-14)27-12(2)18(22)20-21-19(23)13-4-9-16-17(10-13)26-11-25-16/h4-10,12H,3,11H2,1-2H3,(H,20,22)(H,21,23)/t12-/m1/s1. The first kappa shape index (κ1) is 18.4. The van der Waals surface area contributed by atoms with Gasteiger partial charge in [-0.2, -0.15) is 0 Å². The quantitative estimate of drug-likeness (QED) is 0.754. The van der Waals surface area contributed by atoms with Gasteiger partial charge in [0.25, 0.3) is 11.8 Å². The van der Waals surface area contributed by atoms with Crippen molar-refractivity contribution in [1.29, 1.82) is 0 Å². The van der Waals surface area contributed by atoms with Gasteiger partial charge in [0, 0.05) is 5.56 Å². The topological polar surface area (TPSA) is 95.1 Å². The minimum atomic E-state index is -0.806. The fourth-order valence-electron chi connectivity index (χ4n) is 2.37. The Hall–Kier alpha value is -3.42. The molecule has 8 heteroatoms. The fraction of sp³-hybridized carbons (Fsp3) is 0.263. The maximum Gasteiger partial charge on any atom is 0.279 e. The van der Waals surface area contributed by atoms with E-state index in [0.29, 0.717) is 29.4 Å². The molecule has 0 fully saturated rings. The Kier molecular flexibility index (Phi) is 5.65. The molecule has 0 unspecified atom stereocenters. The molecule has 0 aliphatic carbocycles. The van der Waals surface area contributed by atoms with Crippen LogP contribution in [0.5, 0.6) is 23.0 Å².